The Hall–Kier alpha value is -3.14. The molecule has 1 fully saturated rings. The van der Waals surface area contributed by atoms with E-state index in [1.165, 1.54) is 12.3 Å². The lowest BCUT2D eigenvalue weighted by atomic mass is 9.99. The normalized spacial score (nSPS) is 14.1. The van der Waals surface area contributed by atoms with E-state index in [4.69, 9.17) is 21.3 Å². The average molecular weight is 487 g/mol. The van der Waals surface area contributed by atoms with Gasteiger partial charge in [0.1, 0.15) is 5.82 Å². The van der Waals surface area contributed by atoms with Crippen LogP contribution in [0.2, 0.25) is 5.02 Å². The molecular weight excluding hydrogens is 463 g/mol. The Kier molecular flexibility index (Phi) is 5.60. The van der Waals surface area contributed by atoms with Crippen LogP contribution in [0.1, 0.15) is 0 Å². The number of hydrogen-bond donors (Lipinski definition) is 1. The molecule has 0 aliphatic carbocycles. The number of nitrogens with one attached hydrogen (secondary N) is 1. The minimum absolute atomic E-state index is 0.599. The van der Waals surface area contributed by atoms with Crippen molar-refractivity contribution in [3.8, 4) is 28.3 Å². The van der Waals surface area contributed by atoms with E-state index in [1.807, 2.05) is 36.5 Å². The lowest BCUT2D eigenvalue weighted by Gasteiger charge is -2.27. The van der Waals surface area contributed by atoms with Crippen LogP contribution >= 0.6 is 20.2 Å². The van der Waals surface area contributed by atoms with Gasteiger partial charge in [-0.25, -0.2) is 9.97 Å². The SMILES string of the molecule is COc1ccc2c(-c3cc4cc(-c5ccc(N6CCPCC6)nc5)[nH]c4cc3Cl)cccc2n1. The van der Waals surface area contributed by atoms with Gasteiger partial charge in [-0.1, -0.05) is 23.7 Å². The van der Waals surface area contributed by atoms with Gasteiger partial charge in [0.2, 0.25) is 5.88 Å². The molecule has 0 radical (unpaired) electrons. The zero-order chi connectivity index (χ0) is 23.1. The van der Waals surface area contributed by atoms with E-state index in [0.717, 1.165) is 71.7 Å². The third kappa shape index (κ3) is 3.89. The van der Waals surface area contributed by atoms with Crippen LogP contribution in [-0.4, -0.2) is 47.5 Å². The molecule has 1 aliphatic rings. The van der Waals surface area contributed by atoms with Gasteiger partial charge in [-0.15, -0.1) is 8.58 Å². The minimum atomic E-state index is 0.599. The summed E-state index contributed by atoms with van der Waals surface area (Å²) in [4.78, 5) is 15.2. The number of aromatic amines is 1. The molecule has 170 valence electrons. The van der Waals surface area contributed by atoms with Crippen LogP contribution in [0, 0.1) is 0 Å². The monoisotopic (exact) mass is 486 g/mol. The summed E-state index contributed by atoms with van der Waals surface area (Å²) in [5.41, 5.74) is 6.02. The Balaban J connectivity index is 1.37. The van der Waals surface area contributed by atoms with Gasteiger partial charge in [-0.3, -0.25) is 0 Å². The van der Waals surface area contributed by atoms with E-state index in [-0.39, 0.29) is 0 Å². The number of nitrogens with zero attached hydrogens (tertiary/aromatic N) is 3. The largest absolute Gasteiger partial charge is 0.481 e. The topological polar surface area (TPSA) is 54.0 Å². The lowest BCUT2D eigenvalue weighted by Crippen LogP contribution is -2.32. The fraction of sp³-hybridized carbons (Fsp3) is 0.185. The average Bonchev–Trinajstić information content (AvgIpc) is 3.31. The molecule has 4 heterocycles. The van der Waals surface area contributed by atoms with Crippen molar-refractivity contribution in [3.63, 3.8) is 0 Å². The molecule has 34 heavy (non-hydrogen) atoms. The Morgan fingerprint density at radius 1 is 1.00 bits per heavy atom. The molecule has 2 aromatic carbocycles. The zero-order valence-corrected chi connectivity index (χ0v) is 20.6. The number of rotatable bonds is 4. The Labute approximate surface area is 204 Å². The second-order valence-electron chi connectivity index (χ2n) is 8.47. The van der Waals surface area contributed by atoms with Crippen LogP contribution in [-0.2, 0) is 0 Å². The summed E-state index contributed by atoms with van der Waals surface area (Å²) in [6.07, 6.45) is 4.51. The lowest BCUT2D eigenvalue weighted by molar-refractivity contribution is 0.399. The molecule has 0 spiro atoms. The van der Waals surface area contributed by atoms with E-state index in [0.29, 0.717) is 10.9 Å². The van der Waals surface area contributed by atoms with Crippen LogP contribution in [0.4, 0.5) is 5.82 Å². The summed E-state index contributed by atoms with van der Waals surface area (Å²) in [5.74, 6) is 1.66. The number of methoxy groups -OCH3 is 1. The number of H-pyrrole nitrogens is 1. The van der Waals surface area contributed by atoms with Crippen LogP contribution in [0.5, 0.6) is 5.88 Å². The van der Waals surface area contributed by atoms with E-state index < -0.39 is 0 Å². The Morgan fingerprint density at radius 3 is 2.68 bits per heavy atom. The first-order valence-electron chi connectivity index (χ1n) is 11.4. The quantitative estimate of drug-likeness (QED) is 0.290. The van der Waals surface area contributed by atoms with E-state index in [2.05, 4.69) is 45.2 Å². The Bertz CT molecular complexity index is 1490. The minimum Gasteiger partial charge on any atom is -0.481 e. The molecule has 3 aromatic heterocycles. The second kappa shape index (κ2) is 8.90. The molecule has 5 nitrogen and oxygen atoms in total. The number of hydrogen-bond acceptors (Lipinski definition) is 4. The molecule has 0 bridgehead atoms. The Morgan fingerprint density at radius 2 is 1.88 bits per heavy atom. The fourth-order valence-corrected chi connectivity index (χ4v) is 6.00. The summed E-state index contributed by atoms with van der Waals surface area (Å²) in [5, 5.41) is 2.84. The molecule has 1 N–H and O–H groups in total. The molecule has 0 atom stereocenters. The highest BCUT2D eigenvalue weighted by Gasteiger charge is 2.14. The number of fused-ring (bicyclic) bond motifs is 2. The summed E-state index contributed by atoms with van der Waals surface area (Å²) in [7, 11) is 2.72. The molecule has 6 rings (SSSR count). The van der Waals surface area contributed by atoms with Crippen molar-refractivity contribution in [1.29, 1.82) is 0 Å². The molecule has 0 unspecified atom stereocenters. The molecule has 0 amide bonds. The number of aromatic nitrogens is 3. The number of anilines is 1. The molecule has 7 heteroatoms. The van der Waals surface area contributed by atoms with E-state index in [1.54, 1.807) is 7.11 Å². The number of ether oxygens (including phenoxy) is 1. The maximum Gasteiger partial charge on any atom is 0.213 e. The van der Waals surface area contributed by atoms with Gasteiger partial charge in [0.15, 0.2) is 0 Å². The first kappa shape index (κ1) is 21.4. The van der Waals surface area contributed by atoms with Gasteiger partial charge >= 0.3 is 0 Å². The summed E-state index contributed by atoms with van der Waals surface area (Å²) < 4.78 is 5.29. The zero-order valence-electron chi connectivity index (χ0n) is 18.8. The van der Waals surface area contributed by atoms with Crippen molar-refractivity contribution >= 4 is 47.8 Å². The summed E-state index contributed by atoms with van der Waals surface area (Å²) in [6, 6.07) is 20.6. The van der Waals surface area contributed by atoms with Gasteiger partial charge in [0.25, 0.3) is 0 Å². The van der Waals surface area contributed by atoms with Gasteiger partial charge in [-0.05, 0) is 60.4 Å². The van der Waals surface area contributed by atoms with Gasteiger partial charge in [0.05, 0.1) is 17.6 Å². The van der Waals surface area contributed by atoms with Crippen molar-refractivity contribution in [1.82, 2.24) is 15.0 Å². The number of benzene rings is 2. The van der Waals surface area contributed by atoms with Crippen LogP contribution in [0.15, 0.2) is 66.9 Å². The second-order valence-corrected chi connectivity index (χ2v) is 10.4. The molecular formula is C27H24ClN4OP. The van der Waals surface area contributed by atoms with Crippen LogP contribution in [0.3, 0.4) is 0 Å². The maximum absolute atomic E-state index is 6.78. The van der Waals surface area contributed by atoms with E-state index >= 15 is 0 Å². The van der Waals surface area contributed by atoms with Crippen molar-refractivity contribution in [2.75, 3.05) is 37.4 Å². The fourth-order valence-electron chi connectivity index (χ4n) is 4.63. The smallest absolute Gasteiger partial charge is 0.213 e. The first-order chi connectivity index (χ1) is 16.7. The van der Waals surface area contributed by atoms with Crippen molar-refractivity contribution in [2.24, 2.45) is 0 Å². The third-order valence-corrected chi connectivity index (χ3v) is 7.88. The molecule has 5 aromatic rings. The summed E-state index contributed by atoms with van der Waals surface area (Å²) >= 11 is 6.78. The van der Waals surface area contributed by atoms with Gasteiger partial charge in [0, 0.05) is 58.5 Å². The van der Waals surface area contributed by atoms with Gasteiger partial charge < -0.3 is 14.6 Å². The highest BCUT2D eigenvalue weighted by Crippen LogP contribution is 2.37. The van der Waals surface area contributed by atoms with E-state index in [9.17, 15) is 0 Å². The molecule has 1 saturated heterocycles. The van der Waals surface area contributed by atoms with Gasteiger partial charge in [-0.2, -0.15) is 0 Å². The van der Waals surface area contributed by atoms with Crippen molar-refractivity contribution < 1.29 is 4.74 Å². The maximum atomic E-state index is 6.78. The molecule has 0 saturated carbocycles. The predicted molar refractivity (Wildman–Crippen MR) is 144 cm³/mol. The van der Waals surface area contributed by atoms with Crippen LogP contribution in [0.25, 0.3) is 44.2 Å². The standard InChI is InChI=1S/C27H24ClN4OP/c1-33-27-8-6-20-19(3-2-4-23(20)31-27)21-13-18-14-24(30-25(18)15-22(21)28)17-5-7-26(29-16-17)32-9-11-34-12-10-32/h2-8,13-16,30,34H,9-12H2,1H3. The molecule has 1 aliphatic heterocycles. The van der Waals surface area contributed by atoms with Crippen molar-refractivity contribution in [2.45, 2.75) is 0 Å². The number of halogens is 1. The highest BCUT2D eigenvalue weighted by molar-refractivity contribution is 7.38. The summed E-state index contributed by atoms with van der Waals surface area (Å²) in [6.45, 7) is 2.21. The third-order valence-electron chi connectivity index (χ3n) is 6.41. The highest BCUT2D eigenvalue weighted by atomic mass is 35.5. The first-order valence-corrected chi connectivity index (χ1v) is 13.2. The van der Waals surface area contributed by atoms with Crippen molar-refractivity contribution in [3.05, 3.63) is 71.9 Å². The predicted octanol–water partition coefficient (Wildman–Crippen LogP) is 6.61. The number of pyridine rings is 2. The van der Waals surface area contributed by atoms with Crippen LogP contribution < -0.4 is 9.64 Å².